The summed E-state index contributed by atoms with van der Waals surface area (Å²) in [4.78, 5) is 10.7. The molecule has 0 fully saturated rings. The molecule has 0 amide bonds. The average molecular weight is 491 g/mol. The number of hydrogen-bond acceptors (Lipinski definition) is 3. The van der Waals surface area contributed by atoms with E-state index < -0.39 is 71.4 Å². The van der Waals surface area contributed by atoms with Crippen LogP contribution in [0.15, 0.2) is 0 Å². The third-order valence-corrected chi connectivity index (χ3v) is 6.23. The Kier molecular flexibility index (Phi) is 10.7. The molecule has 2 atom stereocenters. The summed E-state index contributed by atoms with van der Waals surface area (Å²) in [5.41, 5.74) is -3.62. The van der Waals surface area contributed by atoms with Crippen LogP contribution in [-0.4, -0.2) is 81.5 Å². The van der Waals surface area contributed by atoms with Crippen LogP contribution in [0.25, 0.3) is 0 Å². The molecule has 0 aliphatic rings. The zero-order chi connectivity index (χ0) is 24.7. The van der Waals surface area contributed by atoms with Crippen LogP contribution in [0.1, 0.15) is 39.0 Å². The number of aliphatic carboxylic acids is 1. The molecular weight excluding hydrogens is 461 g/mol. The predicted octanol–water partition coefficient (Wildman–Crippen LogP) is 3.49. The highest BCUT2D eigenvalue weighted by Gasteiger charge is 2.51. The Hall–Kier alpha value is -1.15. The minimum Gasteiger partial charge on any atom is -0.477 e. The van der Waals surface area contributed by atoms with Crippen LogP contribution < -0.4 is 4.72 Å². The third-order valence-electron chi connectivity index (χ3n) is 4.81. The largest absolute Gasteiger partial charge is 0.477 e. The molecule has 14 heteroatoms. The van der Waals surface area contributed by atoms with Crippen molar-refractivity contribution in [2.45, 2.75) is 57.0 Å². The van der Waals surface area contributed by atoms with Crippen molar-refractivity contribution in [3.05, 3.63) is 0 Å². The summed E-state index contributed by atoms with van der Waals surface area (Å²) in [5, 5.41) is 8.77. The van der Waals surface area contributed by atoms with Gasteiger partial charge in [0, 0.05) is 13.0 Å². The number of quaternary nitrogens is 1. The van der Waals surface area contributed by atoms with E-state index in [9.17, 15) is 43.9 Å². The third kappa shape index (κ3) is 12.5. The van der Waals surface area contributed by atoms with Crippen molar-refractivity contribution < 1.29 is 53.5 Å². The van der Waals surface area contributed by atoms with Crippen molar-refractivity contribution in [2.24, 2.45) is 5.92 Å². The molecule has 0 aliphatic carbocycles. The van der Waals surface area contributed by atoms with Gasteiger partial charge in [-0.05, 0) is 32.6 Å². The van der Waals surface area contributed by atoms with Crippen molar-refractivity contribution in [3.8, 4) is 0 Å². The van der Waals surface area contributed by atoms with Gasteiger partial charge in [0.2, 0.25) is 15.7 Å². The molecule has 0 aliphatic heterocycles. The van der Waals surface area contributed by atoms with Crippen molar-refractivity contribution in [2.75, 3.05) is 39.5 Å². The second kappa shape index (κ2) is 11.1. The highest BCUT2D eigenvalue weighted by Crippen LogP contribution is 2.39. The molecule has 0 aromatic rings. The fourth-order valence-electron chi connectivity index (χ4n) is 2.84. The Morgan fingerprint density at radius 3 is 2.03 bits per heavy atom. The molecule has 0 aromatic heterocycles. The molecule has 2 N–H and O–H groups in total. The highest BCUT2D eigenvalue weighted by atomic mass is 32.2. The van der Waals surface area contributed by atoms with Crippen LogP contribution in [0, 0.1) is 5.92 Å². The molecule has 0 rings (SSSR count). The van der Waals surface area contributed by atoms with Gasteiger partial charge in [0.15, 0.2) is 6.54 Å². The minimum absolute atomic E-state index is 0.0820. The lowest BCUT2D eigenvalue weighted by atomic mass is 9.93. The lowest BCUT2D eigenvalue weighted by Gasteiger charge is -2.27. The van der Waals surface area contributed by atoms with Gasteiger partial charge in [-0.1, -0.05) is 0 Å². The van der Waals surface area contributed by atoms with Gasteiger partial charge >= 0.3 is 18.3 Å². The summed E-state index contributed by atoms with van der Waals surface area (Å²) in [6, 6.07) is 0. The molecule has 0 heterocycles. The number of rotatable bonds is 14. The van der Waals surface area contributed by atoms with E-state index in [1.807, 2.05) is 0 Å². The fraction of sp³-hybridized carbons (Fsp3) is 0.941. The Bertz CT molecular complexity index is 677. The van der Waals surface area contributed by atoms with E-state index >= 15 is 0 Å². The Balaban J connectivity index is 4.64. The van der Waals surface area contributed by atoms with Gasteiger partial charge in [-0.2, -0.15) is 26.3 Å². The van der Waals surface area contributed by atoms with Crippen LogP contribution in [-0.2, 0) is 14.8 Å². The maximum atomic E-state index is 13.5. The molecule has 31 heavy (non-hydrogen) atoms. The lowest BCUT2D eigenvalue weighted by Crippen LogP contribution is -2.45. The highest BCUT2D eigenvalue weighted by molar-refractivity contribution is 7.89. The summed E-state index contributed by atoms with van der Waals surface area (Å²) >= 11 is 0. The van der Waals surface area contributed by atoms with Gasteiger partial charge < -0.3 is 9.59 Å². The van der Waals surface area contributed by atoms with Crippen LogP contribution in [0.5, 0.6) is 0 Å². The summed E-state index contributed by atoms with van der Waals surface area (Å²) < 4.78 is 116. The standard InChI is InChI=1S/C17H29F7N2O4S/c1-15(18,17(22,23)24)8-4-6-13(16(19,20)21)7-11-31(29,30)25-9-5-10-26(2,3)12-14(27)28/h13,25H,4-12H2,1-3H3/p+1. The van der Waals surface area contributed by atoms with Gasteiger partial charge in [-0.25, -0.2) is 22.3 Å². The molecule has 0 bridgehead atoms. The van der Waals surface area contributed by atoms with Gasteiger partial charge in [-0.15, -0.1) is 0 Å². The van der Waals surface area contributed by atoms with Crippen molar-refractivity contribution in [1.29, 1.82) is 0 Å². The molecule has 2 unspecified atom stereocenters. The van der Waals surface area contributed by atoms with Gasteiger partial charge in [0.1, 0.15) is 0 Å². The number of alkyl halides is 7. The Labute approximate surface area is 177 Å². The first-order valence-electron chi connectivity index (χ1n) is 9.52. The Morgan fingerprint density at radius 1 is 1.03 bits per heavy atom. The topological polar surface area (TPSA) is 83.5 Å². The SMILES string of the molecule is CC(F)(CCCC(CCS(=O)(=O)NCCC[N+](C)(C)CC(=O)O)C(F)(F)F)C(F)(F)F. The van der Waals surface area contributed by atoms with Crippen molar-refractivity contribution >= 4 is 16.0 Å². The fourth-order valence-corrected chi connectivity index (χ4v) is 4.04. The van der Waals surface area contributed by atoms with E-state index in [0.717, 1.165) is 0 Å². The smallest absolute Gasteiger partial charge is 0.422 e. The quantitative estimate of drug-likeness (QED) is 0.221. The summed E-state index contributed by atoms with van der Waals surface area (Å²) in [6.45, 7) is 0.264. The van der Waals surface area contributed by atoms with Crippen molar-refractivity contribution in [3.63, 3.8) is 0 Å². The van der Waals surface area contributed by atoms with E-state index in [2.05, 4.69) is 4.72 Å². The van der Waals surface area contributed by atoms with Gasteiger partial charge in [0.05, 0.1) is 32.3 Å². The first kappa shape index (κ1) is 29.9. The molecule has 186 valence electrons. The predicted molar refractivity (Wildman–Crippen MR) is 99.5 cm³/mol. The second-order valence-corrected chi connectivity index (χ2v) is 10.3. The summed E-state index contributed by atoms with van der Waals surface area (Å²) in [5.74, 6) is -4.11. The maximum absolute atomic E-state index is 13.5. The number of sulfonamides is 1. The normalized spacial score (nSPS) is 16.7. The number of carbonyl (C=O) groups is 1. The van der Waals surface area contributed by atoms with Gasteiger partial charge in [-0.3, -0.25) is 0 Å². The number of carboxylic acid groups (broad SMARTS) is 1. The molecule has 0 saturated heterocycles. The number of hydrogen-bond donors (Lipinski definition) is 2. The van der Waals surface area contributed by atoms with Crippen LogP contribution in [0.4, 0.5) is 30.7 Å². The van der Waals surface area contributed by atoms with Crippen LogP contribution in [0.3, 0.4) is 0 Å². The molecule has 0 saturated carbocycles. The zero-order valence-electron chi connectivity index (χ0n) is 17.6. The van der Waals surface area contributed by atoms with Crippen molar-refractivity contribution in [1.82, 2.24) is 4.72 Å². The summed E-state index contributed by atoms with van der Waals surface area (Å²) in [6.07, 6.45) is -13.3. The first-order valence-corrected chi connectivity index (χ1v) is 11.2. The number of nitrogens with zero attached hydrogens (tertiary/aromatic N) is 1. The molecule has 0 aromatic carbocycles. The van der Waals surface area contributed by atoms with E-state index in [4.69, 9.17) is 5.11 Å². The lowest BCUT2D eigenvalue weighted by molar-refractivity contribution is -0.883. The van der Waals surface area contributed by atoms with Crippen LogP contribution in [0.2, 0.25) is 0 Å². The van der Waals surface area contributed by atoms with Gasteiger partial charge in [0.25, 0.3) is 0 Å². The number of carboxylic acids is 1. The van der Waals surface area contributed by atoms with E-state index in [1.54, 1.807) is 14.1 Å². The molecule has 0 spiro atoms. The minimum atomic E-state index is -5.20. The van der Waals surface area contributed by atoms with E-state index in [0.29, 0.717) is 6.54 Å². The molecule has 0 radical (unpaired) electrons. The van der Waals surface area contributed by atoms with E-state index in [-0.39, 0.29) is 30.9 Å². The molecule has 6 nitrogen and oxygen atoms in total. The molecular formula is C17H30F7N2O4S+. The first-order chi connectivity index (χ1) is 13.7. The summed E-state index contributed by atoms with van der Waals surface area (Å²) in [7, 11) is -0.836. The number of halogens is 7. The second-order valence-electron chi connectivity index (χ2n) is 8.39. The zero-order valence-corrected chi connectivity index (χ0v) is 18.4. The number of nitrogens with one attached hydrogen (secondary N) is 1. The van der Waals surface area contributed by atoms with E-state index in [1.165, 1.54) is 0 Å². The maximum Gasteiger partial charge on any atom is 0.422 e. The Morgan fingerprint density at radius 2 is 1.58 bits per heavy atom. The van der Waals surface area contributed by atoms with Crippen LogP contribution >= 0.6 is 0 Å². The number of likely N-dealkylation sites (N-methyl/N-ethyl adjacent to an activating group) is 1. The average Bonchev–Trinajstić information content (AvgIpc) is 2.51. The monoisotopic (exact) mass is 491 g/mol.